The van der Waals surface area contributed by atoms with E-state index in [0.717, 1.165) is 43.2 Å². The van der Waals surface area contributed by atoms with Crippen molar-refractivity contribution in [3.05, 3.63) is 47.8 Å². The average Bonchev–Trinajstić information content (AvgIpc) is 2.66. The number of para-hydroxylation sites is 1. The Balaban J connectivity index is 1.89. The van der Waals surface area contributed by atoms with E-state index in [2.05, 4.69) is 60.0 Å². The summed E-state index contributed by atoms with van der Waals surface area (Å²) < 4.78 is 5.64. The van der Waals surface area contributed by atoms with Crippen LogP contribution in [-0.2, 0) is 13.1 Å². The molecule has 164 valence electrons. The number of hydrogen-bond donors (Lipinski definition) is 1. The van der Waals surface area contributed by atoms with Crippen molar-refractivity contribution in [2.24, 2.45) is 0 Å². The first-order valence-corrected chi connectivity index (χ1v) is 10.7. The van der Waals surface area contributed by atoms with Gasteiger partial charge in [-0.15, -0.1) is 0 Å². The summed E-state index contributed by atoms with van der Waals surface area (Å²) in [6.07, 6.45) is 6.08. The number of methoxy groups -OCH3 is 1. The van der Waals surface area contributed by atoms with Crippen LogP contribution < -0.4 is 15.0 Å². The molecular formula is C24H37N5O. The van der Waals surface area contributed by atoms with Crippen molar-refractivity contribution in [3.63, 3.8) is 0 Å². The zero-order chi connectivity index (χ0) is 21.9. The molecule has 1 saturated heterocycles. The molecule has 1 aliphatic rings. The first-order valence-electron chi connectivity index (χ1n) is 10.7. The predicted molar refractivity (Wildman–Crippen MR) is 123 cm³/mol. The number of benzene rings is 1. The highest BCUT2D eigenvalue weighted by atomic mass is 16.5. The van der Waals surface area contributed by atoms with E-state index in [1.165, 1.54) is 5.56 Å². The molecule has 0 spiro atoms. The van der Waals surface area contributed by atoms with E-state index in [1.54, 1.807) is 7.11 Å². The second-order valence-corrected chi connectivity index (χ2v) is 9.96. The molecule has 3 rings (SSSR count). The number of piperidine rings is 1. The molecule has 0 saturated carbocycles. The molecule has 1 aliphatic heterocycles. The maximum absolute atomic E-state index is 5.64. The van der Waals surface area contributed by atoms with Crippen LogP contribution in [-0.4, -0.2) is 53.2 Å². The molecule has 2 heterocycles. The molecule has 0 aliphatic carbocycles. The number of nitrogens with zero attached hydrogens (tertiary/aromatic N) is 4. The molecule has 1 aromatic heterocycles. The van der Waals surface area contributed by atoms with Gasteiger partial charge < -0.3 is 15.0 Å². The van der Waals surface area contributed by atoms with E-state index in [0.29, 0.717) is 6.04 Å². The highest BCUT2D eigenvalue weighted by Crippen LogP contribution is 2.34. The van der Waals surface area contributed by atoms with Gasteiger partial charge in [0.15, 0.2) is 0 Å². The van der Waals surface area contributed by atoms with Gasteiger partial charge in [-0.05, 0) is 46.6 Å². The summed E-state index contributed by atoms with van der Waals surface area (Å²) in [5, 5.41) is 3.81. The molecule has 1 fully saturated rings. The number of hydrogen-bond acceptors (Lipinski definition) is 6. The van der Waals surface area contributed by atoms with Crippen molar-refractivity contribution in [3.8, 4) is 5.75 Å². The van der Waals surface area contributed by atoms with Gasteiger partial charge >= 0.3 is 0 Å². The Morgan fingerprint density at radius 1 is 1.00 bits per heavy atom. The van der Waals surface area contributed by atoms with Crippen molar-refractivity contribution in [2.75, 3.05) is 26.1 Å². The molecular weight excluding hydrogens is 374 g/mol. The van der Waals surface area contributed by atoms with E-state index < -0.39 is 0 Å². The van der Waals surface area contributed by atoms with Crippen LogP contribution in [0.25, 0.3) is 0 Å². The minimum Gasteiger partial charge on any atom is -0.496 e. The van der Waals surface area contributed by atoms with Gasteiger partial charge in [-0.3, -0.25) is 4.90 Å². The quantitative estimate of drug-likeness (QED) is 0.747. The van der Waals surface area contributed by atoms with Gasteiger partial charge in [0, 0.05) is 67.8 Å². The summed E-state index contributed by atoms with van der Waals surface area (Å²) in [7, 11) is 5.66. The third-order valence-corrected chi connectivity index (χ3v) is 5.73. The third-order valence-electron chi connectivity index (χ3n) is 5.73. The number of anilines is 1. The summed E-state index contributed by atoms with van der Waals surface area (Å²) in [6.45, 7) is 10.8. The minimum absolute atomic E-state index is 0.0801. The summed E-state index contributed by atoms with van der Waals surface area (Å²) in [5.74, 6) is 1.67. The van der Waals surface area contributed by atoms with E-state index in [4.69, 9.17) is 4.74 Å². The van der Waals surface area contributed by atoms with E-state index in [-0.39, 0.29) is 11.1 Å². The molecule has 1 aromatic carbocycles. The van der Waals surface area contributed by atoms with Crippen molar-refractivity contribution < 1.29 is 4.74 Å². The van der Waals surface area contributed by atoms with Gasteiger partial charge in [0.05, 0.1) is 7.11 Å². The van der Waals surface area contributed by atoms with Crippen LogP contribution in [0.15, 0.2) is 36.7 Å². The Morgan fingerprint density at radius 2 is 1.60 bits per heavy atom. The lowest BCUT2D eigenvalue weighted by atomic mass is 9.79. The zero-order valence-electron chi connectivity index (χ0n) is 19.6. The first kappa shape index (κ1) is 22.5. The van der Waals surface area contributed by atoms with Crippen LogP contribution in [0.5, 0.6) is 5.75 Å². The summed E-state index contributed by atoms with van der Waals surface area (Å²) >= 11 is 0. The SMILES string of the molecule is COc1ccccc1CN(Cc1cnc(N(C)C)nc1)C1CC(C)(C)NC(C)(C)C1. The molecule has 0 unspecified atom stereocenters. The van der Waals surface area contributed by atoms with Crippen LogP contribution in [0, 0.1) is 0 Å². The molecule has 1 N–H and O–H groups in total. The van der Waals surface area contributed by atoms with Gasteiger partial charge in [0.25, 0.3) is 0 Å². The Labute approximate surface area is 181 Å². The highest BCUT2D eigenvalue weighted by Gasteiger charge is 2.40. The molecule has 30 heavy (non-hydrogen) atoms. The minimum atomic E-state index is 0.0801. The zero-order valence-corrected chi connectivity index (χ0v) is 19.6. The van der Waals surface area contributed by atoms with Gasteiger partial charge in [-0.2, -0.15) is 0 Å². The average molecular weight is 412 g/mol. The van der Waals surface area contributed by atoms with Crippen LogP contribution in [0.1, 0.15) is 51.7 Å². The fourth-order valence-corrected chi connectivity index (χ4v) is 4.79. The molecule has 0 bridgehead atoms. The topological polar surface area (TPSA) is 53.5 Å². The van der Waals surface area contributed by atoms with Crippen LogP contribution in [0.4, 0.5) is 5.95 Å². The molecule has 0 atom stereocenters. The maximum atomic E-state index is 5.64. The lowest BCUT2D eigenvalue weighted by molar-refractivity contribution is 0.0558. The fourth-order valence-electron chi connectivity index (χ4n) is 4.79. The second kappa shape index (κ2) is 8.90. The fraction of sp³-hybridized carbons (Fsp3) is 0.583. The third kappa shape index (κ3) is 5.70. The number of aromatic nitrogens is 2. The van der Waals surface area contributed by atoms with Crippen molar-refractivity contribution in [1.29, 1.82) is 0 Å². The Hall–Kier alpha value is -2.18. The monoisotopic (exact) mass is 411 g/mol. The summed E-state index contributed by atoms with van der Waals surface area (Å²) in [5.41, 5.74) is 2.50. The maximum Gasteiger partial charge on any atom is 0.224 e. The van der Waals surface area contributed by atoms with Crippen LogP contribution >= 0.6 is 0 Å². The van der Waals surface area contributed by atoms with Crippen molar-refractivity contribution in [1.82, 2.24) is 20.2 Å². The summed E-state index contributed by atoms with van der Waals surface area (Å²) in [6, 6.07) is 8.75. The Morgan fingerprint density at radius 3 is 2.17 bits per heavy atom. The number of nitrogens with one attached hydrogen (secondary N) is 1. The van der Waals surface area contributed by atoms with Crippen molar-refractivity contribution in [2.45, 2.75) is 70.7 Å². The standard InChI is InChI=1S/C24H37N5O/c1-23(2)12-20(13-24(3,4)27-23)29(17-19-10-8-9-11-21(19)30-7)16-18-14-25-22(26-15-18)28(5)6/h8-11,14-15,20,27H,12-13,16-17H2,1-7H3. The van der Waals surface area contributed by atoms with Gasteiger partial charge in [-0.25, -0.2) is 9.97 Å². The lowest BCUT2D eigenvalue weighted by Crippen LogP contribution is -2.62. The molecule has 2 aromatic rings. The summed E-state index contributed by atoms with van der Waals surface area (Å²) in [4.78, 5) is 13.5. The Bertz CT molecular complexity index is 816. The second-order valence-electron chi connectivity index (χ2n) is 9.96. The Kier molecular flexibility index (Phi) is 6.68. The van der Waals surface area contributed by atoms with E-state index >= 15 is 0 Å². The number of ether oxygens (including phenoxy) is 1. The smallest absolute Gasteiger partial charge is 0.224 e. The first-order chi connectivity index (χ1) is 14.1. The molecule has 0 amide bonds. The van der Waals surface area contributed by atoms with Crippen LogP contribution in [0.2, 0.25) is 0 Å². The number of rotatable bonds is 7. The lowest BCUT2D eigenvalue weighted by Gasteiger charge is -2.49. The van der Waals surface area contributed by atoms with E-state index in [1.807, 2.05) is 43.5 Å². The highest BCUT2D eigenvalue weighted by molar-refractivity contribution is 5.33. The molecule has 6 heteroatoms. The molecule has 6 nitrogen and oxygen atoms in total. The predicted octanol–water partition coefficient (Wildman–Crippen LogP) is 3.86. The van der Waals surface area contributed by atoms with Crippen LogP contribution in [0.3, 0.4) is 0 Å². The van der Waals surface area contributed by atoms with Gasteiger partial charge in [0.2, 0.25) is 5.95 Å². The normalized spacial score (nSPS) is 18.4. The van der Waals surface area contributed by atoms with Gasteiger partial charge in [0.1, 0.15) is 5.75 Å². The molecule has 0 radical (unpaired) electrons. The van der Waals surface area contributed by atoms with Crippen molar-refractivity contribution >= 4 is 5.95 Å². The van der Waals surface area contributed by atoms with Gasteiger partial charge in [-0.1, -0.05) is 18.2 Å². The van der Waals surface area contributed by atoms with E-state index in [9.17, 15) is 0 Å². The largest absolute Gasteiger partial charge is 0.496 e.